The molecule has 4 nitrogen and oxygen atoms in total. The fraction of sp³-hybridized carbons (Fsp3) is 0.211. The number of aliphatic hydroxyl groups excluding tert-OH is 1. The van der Waals surface area contributed by atoms with Gasteiger partial charge in [0.15, 0.2) is 0 Å². The van der Waals surface area contributed by atoms with Gasteiger partial charge in [0.25, 0.3) is 5.91 Å². The van der Waals surface area contributed by atoms with Crippen molar-refractivity contribution in [2.24, 2.45) is 5.73 Å². The third-order valence-electron chi connectivity index (χ3n) is 5.00. The van der Waals surface area contributed by atoms with Gasteiger partial charge >= 0.3 is 0 Å². The Morgan fingerprint density at radius 1 is 1.25 bits per heavy atom. The van der Waals surface area contributed by atoms with E-state index in [1.807, 2.05) is 36.4 Å². The van der Waals surface area contributed by atoms with E-state index in [-0.39, 0.29) is 12.0 Å². The Bertz CT molecular complexity index is 940. The first-order valence-electron chi connectivity index (χ1n) is 7.86. The average Bonchev–Trinajstić information content (AvgIpc) is 3.28. The second-order valence-corrected chi connectivity index (χ2v) is 6.87. The number of carbonyl (C=O) groups is 1. The van der Waals surface area contributed by atoms with Gasteiger partial charge in [0, 0.05) is 28.1 Å². The van der Waals surface area contributed by atoms with Crippen LogP contribution in [0.4, 0.5) is 0 Å². The van der Waals surface area contributed by atoms with Crippen LogP contribution in [0.1, 0.15) is 28.8 Å². The molecule has 0 radical (unpaired) electrons. The van der Waals surface area contributed by atoms with Crippen LogP contribution >= 0.6 is 11.6 Å². The smallest absolute Gasteiger partial charge is 0.250 e. The van der Waals surface area contributed by atoms with E-state index in [2.05, 4.69) is 4.98 Å². The van der Waals surface area contributed by atoms with Crippen molar-refractivity contribution in [1.29, 1.82) is 0 Å². The van der Waals surface area contributed by atoms with Crippen LogP contribution in [0.3, 0.4) is 0 Å². The zero-order chi connectivity index (χ0) is 16.9. The van der Waals surface area contributed by atoms with Crippen molar-refractivity contribution in [3.8, 4) is 11.1 Å². The van der Waals surface area contributed by atoms with E-state index in [4.69, 9.17) is 17.3 Å². The summed E-state index contributed by atoms with van der Waals surface area (Å²) in [6.45, 7) is 0.185. The Labute approximate surface area is 144 Å². The fourth-order valence-corrected chi connectivity index (χ4v) is 3.53. The Morgan fingerprint density at radius 3 is 2.54 bits per heavy atom. The van der Waals surface area contributed by atoms with Crippen LogP contribution in [0.2, 0.25) is 5.02 Å². The number of primary amides is 1. The molecule has 2 aromatic carbocycles. The number of aromatic amines is 1. The number of hydrogen-bond acceptors (Lipinski definition) is 2. The summed E-state index contributed by atoms with van der Waals surface area (Å²) in [5.41, 5.74) is 9.59. The quantitative estimate of drug-likeness (QED) is 0.678. The van der Waals surface area contributed by atoms with Crippen molar-refractivity contribution in [3.05, 3.63) is 58.7 Å². The molecule has 0 spiro atoms. The van der Waals surface area contributed by atoms with Gasteiger partial charge in [-0.25, -0.2) is 0 Å². The van der Waals surface area contributed by atoms with E-state index in [9.17, 15) is 9.90 Å². The normalized spacial score (nSPS) is 15.6. The lowest BCUT2D eigenvalue weighted by Gasteiger charge is -2.13. The number of H-pyrrole nitrogens is 1. The van der Waals surface area contributed by atoms with Gasteiger partial charge in [0.05, 0.1) is 17.2 Å². The van der Waals surface area contributed by atoms with Crippen LogP contribution in [-0.2, 0) is 5.41 Å². The van der Waals surface area contributed by atoms with E-state index >= 15 is 0 Å². The first-order chi connectivity index (χ1) is 11.5. The molecule has 1 fully saturated rings. The zero-order valence-corrected chi connectivity index (χ0v) is 13.7. The zero-order valence-electron chi connectivity index (χ0n) is 13.0. The van der Waals surface area contributed by atoms with Gasteiger partial charge in [-0.1, -0.05) is 35.9 Å². The molecule has 1 aromatic heterocycles. The van der Waals surface area contributed by atoms with E-state index in [0.29, 0.717) is 10.6 Å². The molecule has 0 aliphatic heterocycles. The molecule has 1 amide bonds. The van der Waals surface area contributed by atoms with Gasteiger partial charge in [0.2, 0.25) is 0 Å². The molecule has 24 heavy (non-hydrogen) atoms. The van der Waals surface area contributed by atoms with Crippen molar-refractivity contribution in [2.45, 2.75) is 18.3 Å². The van der Waals surface area contributed by atoms with E-state index in [1.54, 1.807) is 6.20 Å². The Morgan fingerprint density at radius 2 is 1.96 bits per heavy atom. The SMILES string of the molecule is NC(=O)c1c[nH]c2cc(Cl)c(-c3ccc(C4(CO)CC4)cc3)cc12. The van der Waals surface area contributed by atoms with E-state index in [1.165, 1.54) is 0 Å². The summed E-state index contributed by atoms with van der Waals surface area (Å²) in [4.78, 5) is 14.6. The number of halogens is 1. The second-order valence-electron chi connectivity index (χ2n) is 6.46. The Kier molecular flexibility index (Phi) is 3.41. The number of aromatic nitrogens is 1. The number of carbonyl (C=O) groups excluding carboxylic acids is 1. The third-order valence-corrected chi connectivity index (χ3v) is 5.31. The van der Waals surface area contributed by atoms with Crippen molar-refractivity contribution in [2.75, 3.05) is 6.61 Å². The largest absolute Gasteiger partial charge is 0.395 e. The maximum absolute atomic E-state index is 11.5. The predicted molar refractivity (Wildman–Crippen MR) is 95.3 cm³/mol. The number of fused-ring (bicyclic) bond motifs is 1. The first-order valence-corrected chi connectivity index (χ1v) is 8.24. The van der Waals surface area contributed by atoms with Crippen molar-refractivity contribution >= 4 is 28.4 Å². The van der Waals surface area contributed by atoms with Crippen molar-refractivity contribution in [1.82, 2.24) is 4.98 Å². The van der Waals surface area contributed by atoms with Gasteiger partial charge in [-0.2, -0.15) is 0 Å². The summed E-state index contributed by atoms with van der Waals surface area (Å²) in [5, 5.41) is 10.9. The van der Waals surface area contributed by atoms with E-state index in [0.717, 1.165) is 40.4 Å². The summed E-state index contributed by atoms with van der Waals surface area (Å²) in [6.07, 6.45) is 3.66. The van der Waals surface area contributed by atoms with Crippen LogP contribution in [0.5, 0.6) is 0 Å². The standard InChI is InChI=1S/C19H17ClN2O2/c20-16-8-17-14(15(9-22-17)18(21)24)7-13(16)11-1-3-12(4-2-11)19(10-23)5-6-19/h1-4,7-9,22-23H,5-6,10H2,(H2,21,24). The third kappa shape index (κ3) is 2.30. The lowest BCUT2D eigenvalue weighted by Crippen LogP contribution is -2.11. The summed E-state index contributed by atoms with van der Waals surface area (Å²) in [7, 11) is 0. The molecule has 0 atom stereocenters. The number of rotatable bonds is 4. The lowest BCUT2D eigenvalue weighted by molar-refractivity contribution is 0.100. The summed E-state index contributed by atoms with van der Waals surface area (Å²) in [5.74, 6) is -0.469. The molecule has 1 heterocycles. The molecule has 1 aliphatic carbocycles. The second kappa shape index (κ2) is 5.36. The van der Waals surface area contributed by atoms with Crippen LogP contribution in [0.15, 0.2) is 42.6 Å². The number of benzene rings is 2. The molecule has 0 bridgehead atoms. The minimum atomic E-state index is -0.469. The molecule has 5 heteroatoms. The number of nitrogens with two attached hydrogens (primary N) is 1. The van der Waals surface area contributed by atoms with Gasteiger partial charge in [0.1, 0.15) is 0 Å². The molecule has 4 N–H and O–H groups in total. The maximum atomic E-state index is 11.5. The Balaban J connectivity index is 1.79. The van der Waals surface area contributed by atoms with Crippen molar-refractivity contribution < 1.29 is 9.90 Å². The minimum absolute atomic E-state index is 0.0495. The van der Waals surface area contributed by atoms with Crippen LogP contribution in [-0.4, -0.2) is 22.6 Å². The highest BCUT2D eigenvalue weighted by Gasteiger charge is 2.43. The highest BCUT2D eigenvalue weighted by Crippen LogP contribution is 2.48. The molecule has 0 saturated heterocycles. The maximum Gasteiger partial charge on any atom is 0.250 e. The van der Waals surface area contributed by atoms with Crippen LogP contribution in [0, 0.1) is 0 Å². The molecule has 0 unspecified atom stereocenters. The number of nitrogens with one attached hydrogen (secondary N) is 1. The number of amides is 1. The van der Waals surface area contributed by atoms with E-state index < -0.39 is 5.91 Å². The van der Waals surface area contributed by atoms with Gasteiger partial charge in [-0.05, 0) is 36.1 Å². The molecular weight excluding hydrogens is 324 g/mol. The minimum Gasteiger partial charge on any atom is -0.395 e. The topological polar surface area (TPSA) is 79.1 Å². The van der Waals surface area contributed by atoms with Crippen LogP contribution < -0.4 is 5.73 Å². The molecule has 1 aliphatic rings. The summed E-state index contributed by atoms with van der Waals surface area (Å²) >= 11 is 6.42. The summed E-state index contributed by atoms with van der Waals surface area (Å²) < 4.78 is 0. The molecule has 3 aromatic rings. The van der Waals surface area contributed by atoms with Gasteiger partial charge < -0.3 is 15.8 Å². The first kappa shape index (κ1) is 15.2. The summed E-state index contributed by atoms with van der Waals surface area (Å²) in [6, 6.07) is 11.8. The fourth-order valence-electron chi connectivity index (χ4n) is 3.26. The molecule has 122 valence electrons. The van der Waals surface area contributed by atoms with Crippen LogP contribution in [0.25, 0.3) is 22.0 Å². The number of aliphatic hydroxyl groups is 1. The Hall–Kier alpha value is -2.30. The number of hydrogen-bond donors (Lipinski definition) is 3. The average molecular weight is 341 g/mol. The van der Waals surface area contributed by atoms with Gasteiger partial charge in [-0.3, -0.25) is 4.79 Å². The lowest BCUT2D eigenvalue weighted by atomic mass is 9.94. The molecule has 4 rings (SSSR count). The predicted octanol–water partition coefficient (Wildman–Crippen LogP) is 3.61. The molecule has 1 saturated carbocycles. The van der Waals surface area contributed by atoms with Crippen molar-refractivity contribution in [3.63, 3.8) is 0 Å². The van der Waals surface area contributed by atoms with Gasteiger partial charge in [-0.15, -0.1) is 0 Å². The monoisotopic (exact) mass is 340 g/mol. The highest BCUT2D eigenvalue weighted by molar-refractivity contribution is 6.34. The molecular formula is C19H17ClN2O2. The highest BCUT2D eigenvalue weighted by atomic mass is 35.5.